The van der Waals surface area contributed by atoms with E-state index in [1.807, 2.05) is 0 Å². The van der Waals surface area contributed by atoms with Gasteiger partial charge in [-0.2, -0.15) is 10.2 Å². The van der Waals surface area contributed by atoms with Crippen molar-refractivity contribution in [2.75, 3.05) is 0 Å². The number of nitrogens with zero attached hydrogens (tertiary/aromatic N) is 2. The van der Waals surface area contributed by atoms with Gasteiger partial charge in [0.2, 0.25) is 0 Å². The number of phenolic OH excluding ortho intramolecular Hbond substituents is 1. The van der Waals surface area contributed by atoms with Gasteiger partial charge in [-0.3, -0.25) is 0 Å². The maximum absolute atomic E-state index is 12.6. The fourth-order valence-electron chi connectivity index (χ4n) is 1.42. The molecule has 114 valence electrons. The number of hydrogen-bond donors (Lipinski definition) is 1. The Morgan fingerprint density at radius 1 is 0.762 bits per heavy atom. The fraction of sp³-hybridized carbons (Fsp3) is 0. The molecule has 0 aliphatic carbocycles. The summed E-state index contributed by atoms with van der Waals surface area (Å²) in [5.41, 5.74) is -0.0978. The average Bonchev–Trinajstić information content (AvgIpc) is 2.36. The summed E-state index contributed by atoms with van der Waals surface area (Å²) in [6, 6.07) is 7.83. The van der Waals surface area contributed by atoms with Crippen molar-refractivity contribution in [3.05, 3.63) is 48.5 Å². The van der Waals surface area contributed by atoms with Crippen LogP contribution in [0.15, 0.2) is 63.7 Å². The highest BCUT2D eigenvalue weighted by molar-refractivity contribution is 8.45. The van der Waals surface area contributed by atoms with Crippen LogP contribution in [0, 0.1) is 0 Å². The van der Waals surface area contributed by atoms with E-state index in [-0.39, 0.29) is 23.2 Å². The Bertz CT molecular complexity index is 698. The molecule has 0 radical (unpaired) electrons. The van der Waals surface area contributed by atoms with E-state index in [4.69, 9.17) is 5.11 Å². The Morgan fingerprint density at radius 3 is 1.90 bits per heavy atom. The van der Waals surface area contributed by atoms with Crippen molar-refractivity contribution in [3.63, 3.8) is 0 Å². The first-order valence-electron chi connectivity index (χ1n) is 5.49. The van der Waals surface area contributed by atoms with Crippen molar-refractivity contribution in [1.82, 2.24) is 0 Å². The Labute approximate surface area is 116 Å². The molecule has 0 heterocycles. The molecule has 1 N–H and O–H groups in total. The van der Waals surface area contributed by atoms with E-state index in [9.17, 15) is 19.4 Å². The number of halogens is 5. The van der Waals surface area contributed by atoms with E-state index in [0.717, 1.165) is 12.1 Å². The van der Waals surface area contributed by atoms with Crippen molar-refractivity contribution in [3.8, 4) is 5.75 Å². The van der Waals surface area contributed by atoms with Crippen LogP contribution < -0.4 is 0 Å². The molecule has 21 heavy (non-hydrogen) atoms. The van der Waals surface area contributed by atoms with Gasteiger partial charge in [0.1, 0.15) is 10.6 Å². The summed E-state index contributed by atoms with van der Waals surface area (Å²) in [5, 5.41) is 16.1. The third kappa shape index (κ3) is 4.15. The quantitative estimate of drug-likeness (QED) is 0.510. The van der Waals surface area contributed by atoms with E-state index in [1.54, 1.807) is 0 Å². The molecule has 0 amide bonds. The van der Waals surface area contributed by atoms with Gasteiger partial charge in [0.25, 0.3) is 0 Å². The molecule has 3 nitrogen and oxygen atoms in total. The number of rotatable bonds is 3. The second kappa shape index (κ2) is 4.17. The zero-order chi connectivity index (χ0) is 15.8. The van der Waals surface area contributed by atoms with Crippen LogP contribution >= 0.6 is 10.2 Å². The van der Waals surface area contributed by atoms with Crippen molar-refractivity contribution in [1.29, 1.82) is 0 Å². The highest BCUT2D eigenvalue weighted by Gasteiger charge is 2.65. The van der Waals surface area contributed by atoms with Crippen LogP contribution in [-0.2, 0) is 0 Å². The lowest BCUT2D eigenvalue weighted by Crippen LogP contribution is -2.05. The van der Waals surface area contributed by atoms with Gasteiger partial charge in [0, 0.05) is 0 Å². The molecule has 9 heteroatoms. The highest BCUT2D eigenvalue weighted by Crippen LogP contribution is 3.02. The van der Waals surface area contributed by atoms with Gasteiger partial charge in [-0.05, 0) is 42.5 Å². The van der Waals surface area contributed by atoms with Gasteiger partial charge >= 0.3 is 10.2 Å². The van der Waals surface area contributed by atoms with Crippen molar-refractivity contribution < 1.29 is 24.5 Å². The first-order chi connectivity index (χ1) is 9.44. The number of phenols is 1. The lowest BCUT2D eigenvalue weighted by Gasteiger charge is -2.40. The molecule has 0 saturated heterocycles. The summed E-state index contributed by atoms with van der Waals surface area (Å²) in [6.07, 6.45) is 0. The Kier molecular flexibility index (Phi) is 3.02. The average molecular weight is 324 g/mol. The van der Waals surface area contributed by atoms with E-state index in [2.05, 4.69) is 10.2 Å². The van der Waals surface area contributed by atoms with Gasteiger partial charge in [-0.25, -0.2) is 0 Å². The van der Waals surface area contributed by atoms with Gasteiger partial charge in [-0.1, -0.05) is 25.5 Å². The predicted molar refractivity (Wildman–Crippen MR) is 70.1 cm³/mol. The summed E-state index contributed by atoms with van der Waals surface area (Å²) in [5.74, 6) is -0.0168. The van der Waals surface area contributed by atoms with Gasteiger partial charge in [-0.15, -0.1) is 0 Å². The van der Waals surface area contributed by atoms with E-state index >= 15 is 0 Å². The predicted octanol–water partition coefficient (Wildman–Crippen LogP) is 6.47. The Hall–Kier alpha value is -2.16. The minimum atomic E-state index is -9.72. The topological polar surface area (TPSA) is 45.0 Å². The molecule has 0 aromatic heterocycles. The molecular formula is C12H9F5N2OS. The van der Waals surface area contributed by atoms with Gasteiger partial charge in [0.05, 0.1) is 11.4 Å². The van der Waals surface area contributed by atoms with Crippen LogP contribution in [0.1, 0.15) is 0 Å². The summed E-state index contributed by atoms with van der Waals surface area (Å²) >= 11 is 0. The molecule has 0 unspecified atom stereocenters. The zero-order valence-electron chi connectivity index (χ0n) is 10.3. The Balaban J connectivity index is 2.33. The molecule has 0 bridgehead atoms. The van der Waals surface area contributed by atoms with Crippen LogP contribution in [-0.4, -0.2) is 5.11 Å². The van der Waals surface area contributed by atoms with E-state index in [0.29, 0.717) is 6.07 Å². The number of hydrogen-bond acceptors (Lipinski definition) is 3. The maximum atomic E-state index is 12.6. The number of benzene rings is 2. The summed E-state index contributed by atoms with van der Waals surface area (Å²) in [6.45, 7) is 0. The first-order valence-corrected chi connectivity index (χ1v) is 7.44. The molecule has 0 aliphatic rings. The van der Waals surface area contributed by atoms with E-state index < -0.39 is 15.1 Å². The smallest absolute Gasteiger partial charge is 0.310 e. The van der Waals surface area contributed by atoms with E-state index in [1.165, 1.54) is 24.3 Å². The second-order valence-electron chi connectivity index (χ2n) is 4.18. The summed E-state index contributed by atoms with van der Waals surface area (Å²) in [4.78, 5) is -2.02. The number of aromatic hydroxyl groups is 1. The van der Waals surface area contributed by atoms with Crippen LogP contribution in [0.5, 0.6) is 5.75 Å². The molecule has 0 aliphatic heterocycles. The maximum Gasteiger partial charge on any atom is 0.310 e. The summed E-state index contributed by atoms with van der Waals surface area (Å²) < 4.78 is 63.2. The second-order valence-corrected chi connectivity index (χ2v) is 6.59. The van der Waals surface area contributed by atoms with Crippen molar-refractivity contribution >= 4 is 21.6 Å². The van der Waals surface area contributed by atoms with Gasteiger partial charge in [0.15, 0.2) is 0 Å². The molecule has 2 aromatic carbocycles. The minimum absolute atomic E-state index is 0.0168. The number of azo groups is 1. The molecule has 0 atom stereocenters. The van der Waals surface area contributed by atoms with Crippen LogP contribution in [0.2, 0.25) is 0 Å². The molecule has 0 fully saturated rings. The molecular weight excluding hydrogens is 315 g/mol. The monoisotopic (exact) mass is 324 g/mol. The highest BCUT2D eigenvalue weighted by atomic mass is 32.5. The fourth-order valence-corrected chi connectivity index (χ4v) is 2.10. The largest absolute Gasteiger partial charge is 0.508 e. The van der Waals surface area contributed by atoms with Crippen molar-refractivity contribution in [2.24, 2.45) is 10.2 Å². The standard InChI is InChI=1S/C12H9F5N2OS/c13-21(14,15,16,17)12-3-1-2-10(8-12)19-18-9-4-6-11(20)7-5-9/h1-8,20H. The summed E-state index contributed by atoms with van der Waals surface area (Å²) in [7, 11) is -9.72. The lowest BCUT2D eigenvalue weighted by molar-refractivity contribution is 0.364. The van der Waals surface area contributed by atoms with Crippen LogP contribution in [0.4, 0.5) is 30.8 Å². The third-order valence-electron chi connectivity index (χ3n) is 2.39. The van der Waals surface area contributed by atoms with Crippen LogP contribution in [0.3, 0.4) is 0 Å². The zero-order valence-corrected chi connectivity index (χ0v) is 11.1. The van der Waals surface area contributed by atoms with Gasteiger partial charge < -0.3 is 5.11 Å². The molecule has 2 aromatic rings. The normalized spacial score (nSPS) is 15.7. The third-order valence-corrected chi connectivity index (χ3v) is 3.54. The molecule has 0 spiro atoms. The van der Waals surface area contributed by atoms with Crippen LogP contribution in [0.25, 0.3) is 0 Å². The molecule has 2 rings (SSSR count). The molecule has 0 saturated carbocycles. The SMILES string of the molecule is Oc1ccc(N=Nc2cccc(S(F)(F)(F)(F)F)c2)cc1. The minimum Gasteiger partial charge on any atom is -0.508 e. The first kappa shape index (κ1) is 15.2. The lowest BCUT2D eigenvalue weighted by atomic mass is 10.3. The van der Waals surface area contributed by atoms with Crippen molar-refractivity contribution in [2.45, 2.75) is 4.90 Å². The Morgan fingerprint density at radius 2 is 1.33 bits per heavy atom.